The average Bonchev–Trinajstić information content (AvgIpc) is 2.64. The summed E-state index contributed by atoms with van der Waals surface area (Å²) in [5, 5.41) is 4.43. The Hall–Kier alpha value is -0.930. The lowest BCUT2D eigenvalue weighted by molar-refractivity contribution is 0.443. The van der Waals surface area contributed by atoms with Crippen molar-refractivity contribution in [1.29, 1.82) is 0 Å². The van der Waals surface area contributed by atoms with E-state index in [2.05, 4.69) is 44.3 Å². The van der Waals surface area contributed by atoms with Gasteiger partial charge in [0.25, 0.3) is 0 Å². The van der Waals surface area contributed by atoms with Crippen LogP contribution in [0.4, 0.5) is 0 Å². The van der Waals surface area contributed by atoms with Gasteiger partial charge in [-0.3, -0.25) is 0 Å². The molecule has 0 amide bonds. The number of aryl methyl sites for hydroxylation is 1. The van der Waals surface area contributed by atoms with Crippen LogP contribution >= 0.6 is 11.3 Å². The Morgan fingerprint density at radius 3 is 2.67 bits per heavy atom. The molecule has 0 saturated carbocycles. The van der Waals surface area contributed by atoms with Gasteiger partial charge in [0, 0.05) is 0 Å². The highest BCUT2D eigenvalue weighted by Crippen LogP contribution is 2.30. The quantitative estimate of drug-likeness (QED) is 0.841. The van der Waals surface area contributed by atoms with Crippen LogP contribution in [0.25, 0.3) is 10.2 Å². The number of nitrogens with one attached hydrogen (secondary N) is 1. The molecule has 2 rings (SSSR count). The molecule has 0 atom stereocenters. The molecule has 0 bridgehead atoms. The molecule has 15 heavy (non-hydrogen) atoms. The van der Waals surface area contributed by atoms with E-state index < -0.39 is 0 Å². The summed E-state index contributed by atoms with van der Waals surface area (Å²) in [7, 11) is 1.97. The molecule has 0 saturated heterocycles. The standard InChI is InChI=1S/C12H16N2S/c1-8-6-5-7-9-10(8)14-11(15-9)12(2,3)13-4/h5-7,13H,1-4H3. The third-order valence-corrected chi connectivity index (χ3v) is 4.12. The van der Waals surface area contributed by atoms with Gasteiger partial charge in [-0.25, -0.2) is 4.98 Å². The minimum Gasteiger partial charge on any atom is -0.309 e. The smallest absolute Gasteiger partial charge is 0.113 e. The summed E-state index contributed by atoms with van der Waals surface area (Å²) in [6.45, 7) is 6.41. The van der Waals surface area contributed by atoms with E-state index in [1.165, 1.54) is 10.3 Å². The van der Waals surface area contributed by atoms with Crippen LogP contribution in [0.15, 0.2) is 18.2 Å². The number of benzene rings is 1. The van der Waals surface area contributed by atoms with E-state index in [-0.39, 0.29) is 5.54 Å². The van der Waals surface area contributed by atoms with E-state index in [0.29, 0.717) is 0 Å². The van der Waals surface area contributed by atoms with Crippen LogP contribution in [-0.4, -0.2) is 12.0 Å². The van der Waals surface area contributed by atoms with Crippen molar-refractivity contribution in [2.24, 2.45) is 0 Å². The van der Waals surface area contributed by atoms with Crippen LogP contribution < -0.4 is 5.32 Å². The highest BCUT2D eigenvalue weighted by Gasteiger charge is 2.22. The van der Waals surface area contributed by atoms with Crippen LogP contribution in [0.3, 0.4) is 0 Å². The number of para-hydroxylation sites is 1. The van der Waals surface area contributed by atoms with Gasteiger partial charge in [-0.2, -0.15) is 0 Å². The Morgan fingerprint density at radius 1 is 1.33 bits per heavy atom. The largest absolute Gasteiger partial charge is 0.309 e. The normalized spacial score (nSPS) is 12.3. The maximum absolute atomic E-state index is 4.71. The highest BCUT2D eigenvalue weighted by molar-refractivity contribution is 7.18. The number of thiazole rings is 1. The van der Waals surface area contributed by atoms with Gasteiger partial charge in [0.1, 0.15) is 5.01 Å². The first-order chi connectivity index (χ1) is 7.04. The van der Waals surface area contributed by atoms with Gasteiger partial charge in [0.05, 0.1) is 15.8 Å². The van der Waals surface area contributed by atoms with Crippen molar-refractivity contribution in [2.45, 2.75) is 26.3 Å². The minimum absolute atomic E-state index is 0.0455. The minimum atomic E-state index is -0.0455. The molecule has 0 aliphatic carbocycles. The zero-order valence-corrected chi connectivity index (χ0v) is 10.4. The summed E-state index contributed by atoms with van der Waals surface area (Å²) in [6, 6.07) is 6.33. The van der Waals surface area contributed by atoms with Crippen LogP contribution in [-0.2, 0) is 5.54 Å². The second-order valence-electron chi connectivity index (χ2n) is 4.32. The Bertz CT molecular complexity index is 485. The van der Waals surface area contributed by atoms with Crippen LogP contribution in [0, 0.1) is 6.92 Å². The molecule has 0 spiro atoms. The fourth-order valence-corrected chi connectivity index (χ4v) is 2.61. The molecular formula is C12H16N2S. The first-order valence-corrected chi connectivity index (χ1v) is 5.92. The van der Waals surface area contributed by atoms with Gasteiger partial charge in [-0.15, -0.1) is 11.3 Å². The lowest BCUT2D eigenvalue weighted by Crippen LogP contribution is -2.32. The third kappa shape index (κ3) is 1.77. The summed E-state index contributed by atoms with van der Waals surface area (Å²) >= 11 is 1.77. The predicted molar refractivity (Wildman–Crippen MR) is 66.4 cm³/mol. The van der Waals surface area contributed by atoms with E-state index >= 15 is 0 Å². The summed E-state index contributed by atoms with van der Waals surface area (Å²) in [6.07, 6.45) is 0. The van der Waals surface area contributed by atoms with Crippen molar-refractivity contribution < 1.29 is 0 Å². The number of hydrogen-bond acceptors (Lipinski definition) is 3. The van der Waals surface area contributed by atoms with E-state index in [0.717, 1.165) is 10.5 Å². The Labute approximate surface area is 94.3 Å². The number of nitrogens with zero attached hydrogens (tertiary/aromatic N) is 1. The molecule has 3 heteroatoms. The van der Waals surface area contributed by atoms with E-state index in [4.69, 9.17) is 4.98 Å². The SMILES string of the molecule is CNC(C)(C)c1nc2c(C)cccc2s1. The van der Waals surface area contributed by atoms with E-state index in [1.807, 2.05) is 7.05 Å². The average molecular weight is 220 g/mol. The number of hydrogen-bond donors (Lipinski definition) is 1. The second-order valence-corrected chi connectivity index (χ2v) is 5.35. The molecule has 2 nitrogen and oxygen atoms in total. The molecule has 0 radical (unpaired) electrons. The first kappa shape index (κ1) is 10.6. The molecule has 1 heterocycles. The zero-order valence-electron chi connectivity index (χ0n) is 9.59. The number of rotatable bonds is 2. The maximum atomic E-state index is 4.71. The molecule has 2 aromatic rings. The van der Waals surface area contributed by atoms with E-state index in [1.54, 1.807) is 11.3 Å². The second kappa shape index (κ2) is 3.58. The van der Waals surface area contributed by atoms with Crippen molar-refractivity contribution in [1.82, 2.24) is 10.3 Å². The molecular weight excluding hydrogens is 204 g/mol. The van der Waals surface area contributed by atoms with Crippen molar-refractivity contribution in [3.63, 3.8) is 0 Å². The molecule has 80 valence electrons. The fraction of sp³-hybridized carbons (Fsp3) is 0.417. The van der Waals surface area contributed by atoms with Crippen LogP contribution in [0.2, 0.25) is 0 Å². The Morgan fingerprint density at radius 2 is 2.07 bits per heavy atom. The summed E-state index contributed by atoms with van der Waals surface area (Å²) in [5.74, 6) is 0. The van der Waals surface area contributed by atoms with Gasteiger partial charge in [-0.05, 0) is 39.4 Å². The topological polar surface area (TPSA) is 24.9 Å². The zero-order chi connectivity index (χ0) is 11.1. The van der Waals surface area contributed by atoms with Gasteiger partial charge in [0.15, 0.2) is 0 Å². The summed E-state index contributed by atoms with van der Waals surface area (Å²) < 4.78 is 1.27. The molecule has 1 aromatic carbocycles. The molecule has 1 aromatic heterocycles. The van der Waals surface area contributed by atoms with Crippen LogP contribution in [0.5, 0.6) is 0 Å². The van der Waals surface area contributed by atoms with Crippen LogP contribution in [0.1, 0.15) is 24.4 Å². The lowest BCUT2D eigenvalue weighted by atomic mass is 10.1. The van der Waals surface area contributed by atoms with Gasteiger partial charge in [-0.1, -0.05) is 12.1 Å². The molecule has 0 aliphatic rings. The Kier molecular flexibility index (Phi) is 2.52. The maximum Gasteiger partial charge on any atom is 0.113 e. The van der Waals surface area contributed by atoms with Gasteiger partial charge in [0.2, 0.25) is 0 Å². The molecule has 0 unspecified atom stereocenters. The molecule has 0 fully saturated rings. The molecule has 1 N–H and O–H groups in total. The van der Waals surface area contributed by atoms with Gasteiger partial charge >= 0.3 is 0 Å². The highest BCUT2D eigenvalue weighted by atomic mass is 32.1. The summed E-state index contributed by atoms with van der Waals surface area (Å²) in [4.78, 5) is 4.71. The number of aromatic nitrogens is 1. The van der Waals surface area contributed by atoms with Crippen molar-refractivity contribution in [2.75, 3.05) is 7.05 Å². The van der Waals surface area contributed by atoms with E-state index in [9.17, 15) is 0 Å². The third-order valence-electron chi connectivity index (χ3n) is 2.78. The van der Waals surface area contributed by atoms with Crippen molar-refractivity contribution in [3.8, 4) is 0 Å². The fourth-order valence-electron chi connectivity index (χ4n) is 1.46. The summed E-state index contributed by atoms with van der Waals surface area (Å²) in [5.41, 5.74) is 2.35. The predicted octanol–water partition coefficient (Wildman–Crippen LogP) is 3.06. The number of fused-ring (bicyclic) bond motifs is 1. The monoisotopic (exact) mass is 220 g/mol. The Balaban J connectivity index is 2.62. The first-order valence-electron chi connectivity index (χ1n) is 5.10. The van der Waals surface area contributed by atoms with Crippen molar-refractivity contribution in [3.05, 3.63) is 28.8 Å². The van der Waals surface area contributed by atoms with Gasteiger partial charge < -0.3 is 5.32 Å². The molecule has 0 aliphatic heterocycles. The van der Waals surface area contributed by atoms with Crippen molar-refractivity contribution >= 4 is 21.6 Å². The lowest BCUT2D eigenvalue weighted by Gasteiger charge is -2.20.